The van der Waals surface area contributed by atoms with Crippen LogP contribution in [0.4, 0.5) is 11.8 Å². The van der Waals surface area contributed by atoms with Crippen LogP contribution in [0.5, 0.6) is 0 Å². The lowest BCUT2D eigenvalue weighted by Crippen LogP contribution is -2.33. The first-order valence-electron chi connectivity index (χ1n) is 11.0. The van der Waals surface area contributed by atoms with E-state index in [0.717, 1.165) is 54.8 Å². The molecule has 5 rings (SSSR count). The monoisotopic (exact) mass is 621 g/mol. The van der Waals surface area contributed by atoms with Gasteiger partial charge in [-0.25, -0.2) is 4.98 Å². The summed E-state index contributed by atoms with van der Waals surface area (Å²) < 4.78 is 3.47. The molecule has 0 spiro atoms. The fraction of sp³-hybridized carbons (Fsp3) is 0.500. The highest BCUT2D eigenvalue weighted by Crippen LogP contribution is 2.32. The molecular weight excluding hydrogens is 592 g/mol. The highest BCUT2D eigenvalue weighted by molar-refractivity contribution is 14.1. The summed E-state index contributed by atoms with van der Waals surface area (Å²) >= 11 is 4.35. The molecule has 1 aliphatic carbocycles. The van der Waals surface area contributed by atoms with Gasteiger partial charge >= 0.3 is 0 Å². The summed E-state index contributed by atoms with van der Waals surface area (Å²) in [6.45, 7) is 0.701. The van der Waals surface area contributed by atoms with Crippen LogP contribution >= 0.6 is 59.2 Å². The number of thioether (sulfide) groups is 1. The Morgan fingerprint density at radius 3 is 2.67 bits per heavy atom. The number of nitrogens with zero attached hydrogens (tertiary/aromatic N) is 4. The summed E-state index contributed by atoms with van der Waals surface area (Å²) in [4.78, 5) is 14.5. The maximum atomic E-state index is 6.09. The van der Waals surface area contributed by atoms with Gasteiger partial charge in [0.2, 0.25) is 5.95 Å². The molecule has 3 aromatic rings. The largest absolute Gasteiger partial charge is 0.364 e. The van der Waals surface area contributed by atoms with E-state index in [1.807, 2.05) is 18.1 Å². The number of aromatic nitrogens is 4. The number of halogens is 3. The number of rotatable bonds is 6. The van der Waals surface area contributed by atoms with Crippen LogP contribution in [0.15, 0.2) is 30.6 Å². The highest BCUT2D eigenvalue weighted by atomic mass is 127. The molecule has 1 aliphatic heterocycles. The van der Waals surface area contributed by atoms with Crippen LogP contribution in [-0.4, -0.2) is 43.1 Å². The van der Waals surface area contributed by atoms with Crippen LogP contribution in [0, 0.1) is 3.57 Å². The van der Waals surface area contributed by atoms with E-state index in [0.29, 0.717) is 30.6 Å². The van der Waals surface area contributed by atoms with Crippen molar-refractivity contribution < 1.29 is 0 Å². The minimum Gasteiger partial charge on any atom is -0.364 e. The number of fused-ring (bicyclic) bond motifs is 1. The molecule has 0 radical (unpaired) electrons. The van der Waals surface area contributed by atoms with Crippen molar-refractivity contribution in [3.05, 3.63) is 39.7 Å². The number of nitrogens with two attached hydrogens (primary N) is 1. The SMILES string of the molecule is Cl.Cl.N[C@H]1CC[C@H](Nc2nc(NCc3cccc(I)c3)c3ncn(C4CCSC4)c3n2)CC1. The fourth-order valence-electron chi connectivity index (χ4n) is 4.39. The van der Waals surface area contributed by atoms with Gasteiger partial charge < -0.3 is 20.9 Å². The van der Waals surface area contributed by atoms with Gasteiger partial charge in [0, 0.05) is 34.0 Å². The molecule has 4 N–H and O–H groups in total. The summed E-state index contributed by atoms with van der Waals surface area (Å²) in [5.41, 5.74) is 9.08. The zero-order valence-corrected chi connectivity index (χ0v) is 22.9. The van der Waals surface area contributed by atoms with Gasteiger partial charge in [0.25, 0.3) is 0 Å². The van der Waals surface area contributed by atoms with Gasteiger partial charge in [-0.15, -0.1) is 24.8 Å². The smallest absolute Gasteiger partial charge is 0.227 e. The minimum atomic E-state index is 0. The maximum absolute atomic E-state index is 6.09. The van der Waals surface area contributed by atoms with E-state index in [1.165, 1.54) is 14.9 Å². The van der Waals surface area contributed by atoms with Crippen LogP contribution in [-0.2, 0) is 6.54 Å². The Hall–Kier alpha value is -1.01. The molecule has 2 aromatic heterocycles. The Bertz CT molecular complexity index is 1050. The Labute approximate surface area is 224 Å². The lowest BCUT2D eigenvalue weighted by Gasteiger charge is -2.27. The molecule has 0 amide bonds. The number of hydrogen-bond acceptors (Lipinski definition) is 7. The summed E-state index contributed by atoms with van der Waals surface area (Å²) in [7, 11) is 0. The van der Waals surface area contributed by atoms with Crippen LogP contribution in [0.3, 0.4) is 0 Å². The number of anilines is 2. The zero-order chi connectivity index (χ0) is 21.2. The molecule has 1 atom stereocenters. The van der Waals surface area contributed by atoms with Crippen molar-refractivity contribution in [2.24, 2.45) is 5.73 Å². The molecule has 33 heavy (non-hydrogen) atoms. The van der Waals surface area contributed by atoms with E-state index < -0.39 is 0 Å². The van der Waals surface area contributed by atoms with Gasteiger partial charge in [0.15, 0.2) is 17.0 Å². The predicted molar refractivity (Wildman–Crippen MR) is 151 cm³/mol. The first-order chi connectivity index (χ1) is 15.2. The van der Waals surface area contributed by atoms with Crippen LogP contribution in [0.1, 0.15) is 43.7 Å². The van der Waals surface area contributed by atoms with Crippen molar-refractivity contribution in [1.29, 1.82) is 0 Å². The van der Waals surface area contributed by atoms with Gasteiger partial charge in [0.1, 0.15) is 0 Å². The van der Waals surface area contributed by atoms with Crippen molar-refractivity contribution in [2.75, 3.05) is 22.1 Å². The molecular formula is C22H30Cl2IN7S. The van der Waals surface area contributed by atoms with Crippen LogP contribution in [0.25, 0.3) is 11.2 Å². The number of imidazole rings is 1. The third-order valence-electron chi connectivity index (χ3n) is 6.17. The Balaban J connectivity index is 0.00000153. The van der Waals surface area contributed by atoms with E-state index in [2.05, 4.69) is 62.1 Å². The summed E-state index contributed by atoms with van der Waals surface area (Å²) in [5.74, 6) is 3.79. The minimum absolute atomic E-state index is 0. The summed E-state index contributed by atoms with van der Waals surface area (Å²) in [6.07, 6.45) is 7.33. The standard InChI is InChI=1S/C22H28IN7S.2ClH/c23-15-3-1-2-14(10-15)11-25-20-19-21(30(13-26-19)18-8-9-31-12-18)29-22(28-20)27-17-6-4-16(24)5-7-17;;/h1-3,10,13,16-18H,4-9,11-12,24H2,(H2,25,27,28,29);2*1H/t16-,17-,18?;;. The van der Waals surface area contributed by atoms with Gasteiger partial charge in [-0.2, -0.15) is 21.7 Å². The van der Waals surface area contributed by atoms with E-state index >= 15 is 0 Å². The predicted octanol–water partition coefficient (Wildman–Crippen LogP) is 5.25. The van der Waals surface area contributed by atoms with E-state index in [1.54, 1.807) is 0 Å². The van der Waals surface area contributed by atoms with Crippen LogP contribution in [0.2, 0.25) is 0 Å². The van der Waals surface area contributed by atoms with E-state index in [9.17, 15) is 0 Å². The second-order valence-electron chi connectivity index (χ2n) is 8.48. The first kappa shape index (κ1) is 26.6. The van der Waals surface area contributed by atoms with Crippen molar-refractivity contribution in [2.45, 2.75) is 56.8 Å². The Kier molecular flexibility index (Phi) is 9.75. The quantitative estimate of drug-likeness (QED) is 0.324. The topological polar surface area (TPSA) is 93.7 Å². The first-order valence-corrected chi connectivity index (χ1v) is 13.2. The van der Waals surface area contributed by atoms with Gasteiger partial charge in [-0.3, -0.25) is 0 Å². The van der Waals surface area contributed by atoms with Crippen LogP contribution < -0.4 is 16.4 Å². The average molecular weight is 622 g/mol. The second-order valence-corrected chi connectivity index (χ2v) is 10.9. The Morgan fingerprint density at radius 1 is 1.12 bits per heavy atom. The maximum Gasteiger partial charge on any atom is 0.227 e. The molecule has 1 saturated heterocycles. The number of hydrogen-bond donors (Lipinski definition) is 3. The summed E-state index contributed by atoms with van der Waals surface area (Å²) in [5, 5.41) is 7.11. The number of benzene rings is 1. The van der Waals surface area contributed by atoms with Crippen molar-refractivity contribution in [1.82, 2.24) is 19.5 Å². The molecule has 2 aliphatic rings. The molecule has 7 nitrogen and oxygen atoms in total. The molecule has 2 fully saturated rings. The molecule has 1 aromatic carbocycles. The van der Waals surface area contributed by atoms with E-state index in [-0.39, 0.29) is 24.8 Å². The van der Waals surface area contributed by atoms with Gasteiger partial charge in [0.05, 0.1) is 6.33 Å². The fourth-order valence-corrected chi connectivity index (χ4v) is 6.20. The molecule has 3 heterocycles. The summed E-state index contributed by atoms with van der Waals surface area (Å²) in [6, 6.07) is 9.66. The zero-order valence-electron chi connectivity index (χ0n) is 18.2. The number of nitrogens with one attached hydrogen (secondary N) is 2. The average Bonchev–Trinajstić information content (AvgIpc) is 3.43. The molecule has 1 saturated carbocycles. The van der Waals surface area contributed by atoms with Crippen molar-refractivity contribution >= 4 is 82.1 Å². The third kappa shape index (κ3) is 6.36. The molecule has 1 unspecified atom stereocenters. The normalized spacial score (nSPS) is 22.4. The van der Waals surface area contributed by atoms with E-state index in [4.69, 9.17) is 20.7 Å². The second kappa shape index (κ2) is 12.1. The molecule has 0 bridgehead atoms. The Morgan fingerprint density at radius 2 is 1.94 bits per heavy atom. The van der Waals surface area contributed by atoms with Gasteiger partial charge in [-0.1, -0.05) is 12.1 Å². The molecule has 180 valence electrons. The molecule has 11 heteroatoms. The van der Waals surface area contributed by atoms with Crippen molar-refractivity contribution in [3.8, 4) is 0 Å². The van der Waals surface area contributed by atoms with Crippen molar-refractivity contribution in [3.63, 3.8) is 0 Å². The third-order valence-corrected chi connectivity index (χ3v) is 7.99. The van der Waals surface area contributed by atoms with Gasteiger partial charge in [-0.05, 0) is 78.1 Å². The lowest BCUT2D eigenvalue weighted by atomic mass is 9.92. The lowest BCUT2D eigenvalue weighted by molar-refractivity contribution is 0.410. The highest BCUT2D eigenvalue weighted by Gasteiger charge is 2.24.